The maximum Gasteiger partial charge on any atom is 0.266 e. The van der Waals surface area contributed by atoms with Crippen LogP contribution in [0.5, 0.6) is 11.5 Å². The number of hydrogen-bond acceptors (Lipinski definition) is 4. The number of aryl methyl sites for hydroxylation is 2. The minimum absolute atomic E-state index is 0.0227. The second kappa shape index (κ2) is 11.1. The summed E-state index contributed by atoms with van der Waals surface area (Å²) in [6, 6.07) is 25.3. The number of methoxy groups -OCH3 is 1. The number of fused-ring (bicyclic) bond motifs is 1. The smallest absolute Gasteiger partial charge is 0.266 e. The number of nitrogens with one attached hydrogen (secondary N) is 1. The number of nitriles is 1. The highest BCUT2D eigenvalue weighted by molar-refractivity contribution is 9.10. The van der Waals surface area contributed by atoms with Gasteiger partial charge in [0, 0.05) is 11.3 Å². The summed E-state index contributed by atoms with van der Waals surface area (Å²) in [6.45, 7) is 4.36. The van der Waals surface area contributed by atoms with E-state index in [2.05, 4.69) is 52.4 Å². The predicted molar refractivity (Wildman–Crippen MR) is 147 cm³/mol. The van der Waals surface area contributed by atoms with E-state index in [1.165, 1.54) is 6.08 Å². The average molecular weight is 541 g/mol. The van der Waals surface area contributed by atoms with Gasteiger partial charge in [0.25, 0.3) is 5.91 Å². The van der Waals surface area contributed by atoms with Crippen molar-refractivity contribution in [1.29, 1.82) is 5.26 Å². The molecule has 0 aromatic heterocycles. The van der Waals surface area contributed by atoms with Gasteiger partial charge in [0.15, 0.2) is 11.5 Å². The number of anilines is 1. The van der Waals surface area contributed by atoms with Crippen molar-refractivity contribution in [2.75, 3.05) is 12.4 Å². The molecular weight excluding hydrogens is 516 g/mol. The SMILES string of the molecule is COc1cc(/C=C(\C#N)C(=O)Nc2cccc(C)c2)cc(Br)c1OCc1c(C)ccc2ccccc12. The fourth-order valence-electron chi connectivity index (χ4n) is 3.98. The third-order valence-electron chi connectivity index (χ3n) is 5.84. The maximum atomic E-state index is 12.7. The Hall–Kier alpha value is -4.08. The van der Waals surface area contributed by atoms with Crippen molar-refractivity contribution in [1.82, 2.24) is 0 Å². The van der Waals surface area contributed by atoms with E-state index in [9.17, 15) is 10.1 Å². The molecule has 4 aromatic carbocycles. The Kier molecular flexibility index (Phi) is 7.72. The van der Waals surface area contributed by atoms with Crippen LogP contribution in [0, 0.1) is 25.2 Å². The van der Waals surface area contributed by atoms with Crippen LogP contribution in [0.3, 0.4) is 0 Å². The molecule has 1 N–H and O–H groups in total. The first-order valence-electron chi connectivity index (χ1n) is 11.4. The number of ether oxygens (including phenoxy) is 2. The molecule has 0 heterocycles. The summed E-state index contributed by atoms with van der Waals surface area (Å²) in [7, 11) is 1.56. The third kappa shape index (κ3) is 5.59. The Labute approximate surface area is 219 Å². The predicted octanol–water partition coefficient (Wildman–Crippen LogP) is 7.35. The normalized spacial score (nSPS) is 11.1. The highest BCUT2D eigenvalue weighted by atomic mass is 79.9. The molecule has 4 aromatic rings. The van der Waals surface area contributed by atoms with Gasteiger partial charge in [-0.25, -0.2) is 0 Å². The Morgan fingerprint density at radius 2 is 1.86 bits per heavy atom. The van der Waals surface area contributed by atoms with Gasteiger partial charge in [0.2, 0.25) is 0 Å². The van der Waals surface area contributed by atoms with Crippen LogP contribution in [0.1, 0.15) is 22.3 Å². The standard InChI is InChI=1S/C30H25BrN2O3/c1-19-7-6-9-24(13-19)33-30(34)23(17-32)14-21-15-27(31)29(28(16-21)35-3)36-18-26-20(2)11-12-22-8-4-5-10-25(22)26/h4-16H,18H2,1-3H3,(H,33,34)/b23-14+. The van der Waals surface area contributed by atoms with E-state index in [1.807, 2.05) is 43.3 Å². The van der Waals surface area contributed by atoms with E-state index >= 15 is 0 Å². The molecule has 0 aliphatic carbocycles. The van der Waals surface area contributed by atoms with Gasteiger partial charge in [-0.3, -0.25) is 4.79 Å². The minimum atomic E-state index is -0.482. The van der Waals surface area contributed by atoms with Crippen LogP contribution in [-0.2, 0) is 11.4 Å². The number of hydrogen-bond donors (Lipinski definition) is 1. The van der Waals surface area contributed by atoms with Gasteiger partial charge < -0.3 is 14.8 Å². The monoisotopic (exact) mass is 540 g/mol. The number of benzene rings is 4. The fraction of sp³-hybridized carbons (Fsp3) is 0.133. The van der Waals surface area contributed by atoms with Crippen LogP contribution < -0.4 is 14.8 Å². The van der Waals surface area contributed by atoms with Gasteiger partial charge in [-0.1, -0.05) is 48.5 Å². The van der Waals surface area contributed by atoms with Crippen molar-refractivity contribution in [3.05, 3.63) is 105 Å². The van der Waals surface area contributed by atoms with Crippen molar-refractivity contribution in [2.45, 2.75) is 20.5 Å². The summed E-state index contributed by atoms with van der Waals surface area (Å²) in [5.41, 5.74) is 4.49. The Morgan fingerprint density at radius 1 is 1.06 bits per heavy atom. The van der Waals surface area contributed by atoms with Crippen molar-refractivity contribution in [2.24, 2.45) is 0 Å². The summed E-state index contributed by atoms with van der Waals surface area (Å²) < 4.78 is 12.5. The number of amides is 1. The molecular formula is C30H25BrN2O3. The van der Waals surface area contributed by atoms with E-state index in [-0.39, 0.29) is 5.57 Å². The molecule has 0 bridgehead atoms. The average Bonchev–Trinajstić information content (AvgIpc) is 2.87. The summed E-state index contributed by atoms with van der Waals surface area (Å²) in [4.78, 5) is 12.7. The number of nitrogens with zero attached hydrogens (tertiary/aromatic N) is 1. The molecule has 36 heavy (non-hydrogen) atoms. The number of rotatable bonds is 7. The molecule has 0 unspecified atom stereocenters. The first-order valence-corrected chi connectivity index (χ1v) is 12.2. The van der Waals surface area contributed by atoms with Crippen molar-refractivity contribution < 1.29 is 14.3 Å². The lowest BCUT2D eigenvalue weighted by atomic mass is 10.0. The highest BCUT2D eigenvalue weighted by Crippen LogP contribution is 2.38. The van der Waals surface area contributed by atoms with Gasteiger partial charge in [-0.15, -0.1) is 0 Å². The van der Waals surface area contributed by atoms with Crippen LogP contribution in [-0.4, -0.2) is 13.0 Å². The van der Waals surface area contributed by atoms with Crippen molar-refractivity contribution in [3.63, 3.8) is 0 Å². The molecule has 0 spiro atoms. The molecule has 180 valence electrons. The lowest BCUT2D eigenvalue weighted by Gasteiger charge is -2.16. The molecule has 0 aliphatic heterocycles. The van der Waals surface area contributed by atoms with Crippen LogP contribution in [0.15, 0.2) is 82.8 Å². The minimum Gasteiger partial charge on any atom is -0.493 e. The topological polar surface area (TPSA) is 71.3 Å². The third-order valence-corrected chi connectivity index (χ3v) is 6.43. The summed E-state index contributed by atoms with van der Waals surface area (Å²) in [6.07, 6.45) is 1.52. The van der Waals surface area contributed by atoms with Gasteiger partial charge >= 0.3 is 0 Å². The zero-order chi connectivity index (χ0) is 25.7. The summed E-state index contributed by atoms with van der Waals surface area (Å²) >= 11 is 3.57. The van der Waals surface area contributed by atoms with Gasteiger partial charge in [0.05, 0.1) is 11.6 Å². The quantitative estimate of drug-likeness (QED) is 0.196. The Morgan fingerprint density at radius 3 is 2.61 bits per heavy atom. The maximum absolute atomic E-state index is 12.7. The summed E-state index contributed by atoms with van der Waals surface area (Å²) in [5.74, 6) is 0.555. The lowest BCUT2D eigenvalue weighted by Crippen LogP contribution is -2.13. The fourth-order valence-corrected chi connectivity index (χ4v) is 4.55. The van der Waals surface area contributed by atoms with Crippen LogP contribution in [0.4, 0.5) is 5.69 Å². The van der Waals surface area contributed by atoms with E-state index < -0.39 is 5.91 Å². The molecule has 0 saturated heterocycles. The molecule has 0 fully saturated rings. The second-order valence-corrected chi connectivity index (χ2v) is 9.25. The summed E-state index contributed by atoms with van der Waals surface area (Å²) in [5, 5.41) is 14.7. The van der Waals surface area contributed by atoms with Gasteiger partial charge in [0.1, 0.15) is 18.2 Å². The number of carbonyl (C=O) groups excluding carboxylic acids is 1. The lowest BCUT2D eigenvalue weighted by molar-refractivity contribution is -0.112. The molecule has 1 amide bonds. The van der Waals surface area contributed by atoms with Crippen molar-refractivity contribution in [3.8, 4) is 17.6 Å². The van der Waals surface area contributed by atoms with E-state index in [1.54, 1.807) is 25.3 Å². The Bertz CT molecular complexity index is 1520. The van der Waals surface area contributed by atoms with Crippen LogP contribution in [0.2, 0.25) is 0 Å². The molecule has 5 nitrogen and oxygen atoms in total. The van der Waals surface area contributed by atoms with E-state index in [0.717, 1.165) is 27.5 Å². The largest absolute Gasteiger partial charge is 0.493 e. The molecule has 0 aliphatic rings. The van der Waals surface area contributed by atoms with Crippen LogP contribution in [0.25, 0.3) is 16.8 Å². The van der Waals surface area contributed by atoms with E-state index in [0.29, 0.717) is 33.8 Å². The first-order chi connectivity index (χ1) is 17.4. The zero-order valence-electron chi connectivity index (χ0n) is 20.3. The van der Waals surface area contributed by atoms with Crippen molar-refractivity contribution >= 4 is 44.4 Å². The molecule has 6 heteroatoms. The first kappa shape index (κ1) is 25.0. The van der Waals surface area contributed by atoms with Crippen LogP contribution >= 0.6 is 15.9 Å². The second-order valence-electron chi connectivity index (χ2n) is 8.40. The highest BCUT2D eigenvalue weighted by Gasteiger charge is 2.15. The Balaban J connectivity index is 1.59. The van der Waals surface area contributed by atoms with Gasteiger partial charge in [-0.2, -0.15) is 5.26 Å². The molecule has 0 radical (unpaired) electrons. The van der Waals surface area contributed by atoms with E-state index in [4.69, 9.17) is 9.47 Å². The molecule has 4 rings (SSSR count). The molecule has 0 saturated carbocycles. The number of carbonyl (C=O) groups is 1. The molecule has 0 atom stereocenters. The zero-order valence-corrected chi connectivity index (χ0v) is 21.8. The van der Waals surface area contributed by atoms with Gasteiger partial charge in [-0.05, 0) is 87.6 Å². The number of halogens is 1.